The Balaban J connectivity index is 1.75. The van der Waals surface area contributed by atoms with Crippen LogP contribution in [0.5, 0.6) is 0 Å². The predicted molar refractivity (Wildman–Crippen MR) is 104 cm³/mol. The number of hydrogen-bond donors (Lipinski definition) is 1. The number of rotatable bonds is 5. The van der Waals surface area contributed by atoms with Gasteiger partial charge in [-0.25, -0.2) is 13.6 Å². The van der Waals surface area contributed by atoms with E-state index in [1.54, 1.807) is 30.3 Å². The van der Waals surface area contributed by atoms with Gasteiger partial charge in [-0.2, -0.15) is 4.80 Å². The van der Waals surface area contributed by atoms with Gasteiger partial charge in [-0.3, -0.25) is 9.69 Å². The SMILES string of the molecule is CC(=O)NC[C@H]1CN(C2(c3nnn(C)n3)C=C(F)C(c3ccccc3)C(F)=C2)C(=O)O1. The lowest BCUT2D eigenvalue weighted by Gasteiger charge is -2.36. The van der Waals surface area contributed by atoms with Crippen LogP contribution in [0.25, 0.3) is 0 Å². The molecule has 1 aromatic carbocycles. The molecule has 0 spiro atoms. The number of aromatic nitrogens is 4. The van der Waals surface area contributed by atoms with Crippen molar-refractivity contribution in [2.75, 3.05) is 13.1 Å². The molecule has 1 aromatic heterocycles. The molecule has 1 aliphatic carbocycles. The average Bonchev–Trinajstić information content (AvgIpc) is 3.32. The largest absolute Gasteiger partial charge is 0.442 e. The quantitative estimate of drug-likeness (QED) is 0.777. The van der Waals surface area contributed by atoms with Gasteiger partial charge in [-0.1, -0.05) is 30.3 Å². The average molecular weight is 430 g/mol. The Kier molecular flexibility index (Phi) is 5.25. The molecule has 1 aliphatic heterocycles. The van der Waals surface area contributed by atoms with Gasteiger partial charge in [0.1, 0.15) is 17.8 Å². The fourth-order valence-corrected chi connectivity index (χ4v) is 3.76. The molecular weight excluding hydrogens is 410 g/mol. The lowest BCUT2D eigenvalue weighted by molar-refractivity contribution is -0.119. The minimum atomic E-state index is -1.77. The van der Waals surface area contributed by atoms with Crippen molar-refractivity contribution in [3.63, 3.8) is 0 Å². The van der Waals surface area contributed by atoms with E-state index in [1.807, 2.05) is 0 Å². The highest BCUT2D eigenvalue weighted by Crippen LogP contribution is 2.46. The summed E-state index contributed by atoms with van der Waals surface area (Å²) in [5.41, 5.74) is -1.34. The number of halogens is 2. The maximum absolute atomic E-state index is 15.4. The number of nitrogens with one attached hydrogen (secondary N) is 1. The number of cyclic esters (lactones) is 1. The minimum absolute atomic E-state index is 0.0407. The van der Waals surface area contributed by atoms with Crippen molar-refractivity contribution in [3.8, 4) is 0 Å². The smallest absolute Gasteiger partial charge is 0.411 e. The van der Waals surface area contributed by atoms with Gasteiger partial charge >= 0.3 is 6.09 Å². The summed E-state index contributed by atoms with van der Waals surface area (Å²) in [6, 6.07) is 8.36. The molecule has 1 fully saturated rings. The first-order chi connectivity index (χ1) is 14.8. The number of nitrogens with zero attached hydrogens (tertiary/aromatic N) is 5. The first kappa shape index (κ1) is 20.6. The van der Waals surface area contributed by atoms with Gasteiger partial charge in [0, 0.05) is 6.92 Å². The minimum Gasteiger partial charge on any atom is -0.442 e. The second kappa shape index (κ2) is 7.89. The van der Waals surface area contributed by atoms with E-state index in [2.05, 4.69) is 20.7 Å². The summed E-state index contributed by atoms with van der Waals surface area (Å²) in [5, 5.41) is 14.3. The summed E-state index contributed by atoms with van der Waals surface area (Å²) < 4.78 is 36.0. The first-order valence-corrected chi connectivity index (χ1v) is 9.59. The Labute approximate surface area is 176 Å². The van der Waals surface area contributed by atoms with E-state index in [0.717, 1.165) is 21.8 Å². The molecule has 2 heterocycles. The van der Waals surface area contributed by atoms with Crippen LogP contribution in [-0.2, 0) is 22.1 Å². The maximum atomic E-state index is 15.4. The van der Waals surface area contributed by atoms with Crippen molar-refractivity contribution in [1.82, 2.24) is 30.4 Å². The predicted octanol–water partition coefficient (Wildman–Crippen LogP) is 1.87. The number of benzene rings is 1. The summed E-state index contributed by atoms with van der Waals surface area (Å²) in [7, 11) is 1.50. The third-order valence-electron chi connectivity index (χ3n) is 5.17. The highest BCUT2D eigenvalue weighted by atomic mass is 19.1. The van der Waals surface area contributed by atoms with Crippen LogP contribution in [0.2, 0.25) is 0 Å². The Bertz CT molecular complexity index is 1050. The Hall–Kier alpha value is -3.63. The van der Waals surface area contributed by atoms with Crippen molar-refractivity contribution < 1.29 is 23.1 Å². The summed E-state index contributed by atoms with van der Waals surface area (Å²) >= 11 is 0. The number of tetrazole rings is 1. The van der Waals surface area contributed by atoms with Gasteiger partial charge in [-0.15, -0.1) is 10.2 Å². The highest BCUT2D eigenvalue weighted by Gasteiger charge is 2.51. The van der Waals surface area contributed by atoms with Crippen LogP contribution >= 0.6 is 0 Å². The van der Waals surface area contributed by atoms with E-state index >= 15 is 8.78 Å². The second-order valence-corrected chi connectivity index (χ2v) is 7.38. The Morgan fingerprint density at radius 2 is 1.94 bits per heavy atom. The fraction of sp³-hybridized carbons (Fsp3) is 0.350. The molecule has 0 bridgehead atoms. The summed E-state index contributed by atoms with van der Waals surface area (Å²) in [5.74, 6) is -3.20. The first-order valence-electron chi connectivity index (χ1n) is 9.59. The van der Waals surface area contributed by atoms with E-state index in [4.69, 9.17) is 4.74 Å². The lowest BCUT2D eigenvalue weighted by Crippen LogP contribution is -2.47. The van der Waals surface area contributed by atoms with Gasteiger partial charge in [0.15, 0.2) is 5.54 Å². The number of hydrogen-bond acceptors (Lipinski definition) is 6. The van der Waals surface area contributed by atoms with Crippen LogP contribution in [0.1, 0.15) is 24.2 Å². The summed E-state index contributed by atoms with van der Waals surface area (Å²) in [6.45, 7) is 1.36. The van der Waals surface area contributed by atoms with E-state index in [0.29, 0.717) is 5.56 Å². The molecule has 2 amide bonds. The van der Waals surface area contributed by atoms with Crippen LogP contribution in [0.3, 0.4) is 0 Å². The van der Waals surface area contributed by atoms with Crippen molar-refractivity contribution in [2.45, 2.75) is 24.5 Å². The van der Waals surface area contributed by atoms with Crippen LogP contribution in [0.15, 0.2) is 54.1 Å². The number of carbonyl (C=O) groups excluding carboxylic acids is 2. The van der Waals surface area contributed by atoms with Crippen molar-refractivity contribution in [2.24, 2.45) is 7.05 Å². The monoisotopic (exact) mass is 430 g/mol. The van der Waals surface area contributed by atoms with E-state index < -0.39 is 35.3 Å². The topological polar surface area (TPSA) is 102 Å². The summed E-state index contributed by atoms with van der Waals surface area (Å²) in [4.78, 5) is 26.1. The number of ether oxygens (including phenoxy) is 1. The van der Waals surface area contributed by atoms with Gasteiger partial charge in [-0.05, 0) is 22.9 Å². The molecule has 9 nitrogen and oxygen atoms in total. The number of allylic oxidation sites excluding steroid dienone is 2. The fourth-order valence-electron chi connectivity index (χ4n) is 3.76. The third kappa shape index (κ3) is 3.78. The standard InChI is InChI=1S/C20H20F2N6O3/c1-12(29)23-10-14-11-28(19(30)31-14)20(18-24-26-27(2)25-18)8-15(21)17(16(22)9-20)13-6-4-3-5-7-13/h3-9,14,17H,10-11H2,1-2H3,(H,23,29)/t14-,17?,20?/m0/s1. The van der Waals surface area contributed by atoms with E-state index in [1.165, 1.54) is 14.0 Å². The molecule has 1 atom stereocenters. The molecule has 0 unspecified atom stereocenters. The zero-order chi connectivity index (χ0) is 22.2. The van der Waals surface area contributed by atoms with Crippen molar-refractivity contribution in [3.05, 3.63) is 65.5 Å². The van der Waals surface area contributed by atoms with Gasteiger partial charge in [0.05, 0.1) is 26.1 Å². The van der Waals surface area contributed by atoms with E-state index in [9.17, 15) is 9.59 Å². The number of aryl methyl sites for hydroxylation is 1. The molecule has 11 heteroatoms. The van der Waals surface area contributed by atoms with Crippen LogP contribution in [-0.4, -0.2) is 56.3 Å². The molecule has 0 saturated carbocycles. The maximum Gasteiger partial charge on any atom is 0.411 e. The molecule has 1 N–H and O–H groups in total. The second-order valence-electron chi connectivity index (χ2n) is 7.38. The van der Waals surface area contributed by atoms with Crippen molar-refractivity contribution in [1.29, 1.82) is 0 Å². The zero-order valence-electron chi connectivity index (χ0n) is 16.8. The Morgan fingerprint density at radius 3 is 2.52 bits per heavy atom. The highest BCUT2D eigenvalue weighted by molar-refractivity contribution is 5.74. The van der Waals surface area contributed by atoms with Gasteiger partial charge in [0.25, 0.3) is 0 Å². The van der Waals surface area contributed by atoms with Crippen LogP contribution < -0.4 is 5.32 Å². The molecule has 2 aliphatic rings. The van der Waals surface area contributed by atoms with Gasteiger partial charge in [0.2, 0.25) is 11.7 Å². The molecule has 31 heavy (non-hydrogen) atoms. The third-order valence-corrected chi connectivity index (χ3v) is 5.17. The number of amides is 2. The zero-order valence-corrected chi connectivity index (χ0v) is 16.8. The molecular formula is C20H20F2N6O3. The molecule has 162 valence electrons. The molecule has 1 saturated heterocycles. The molecule has 0 radical (unpaired) electrons. The van der Waals surface area contributed by atoms with Crippen molar-refractivity contribution >= 4 is 12.0 Å². The lowest BCUT2D eigenvalue weighted by atomic mass is 9.82. The normalized spacial score (nSPS) is 25.7. The Morgan fingerprint density at radius 1 is 1.26 bits per heavy atom. The summed E-state index contributed by atoms with van der Waals surface area (Å²) in [6.07, 6.45) is 0.721. The molecule has 4 rings (SSSR count). The van der Waals surface area contributed by atoms with Crippen LogP contribution in [0.4, 0.5) is 13.6 Å². The van der Waals surface area contributed by atoms with E-state index in [-0.39, 0.29) is 24.8 Å². The van der Waals surface area contributed by atoms with Crippen LogP contribution in [0, 0.1) is 0 Å². The van der Waals surface area contributed by atoms with Gasteiger partial charge < -0.3 is 10.1 Å². The molecule has 2 aromatic rings. The number of carbonyl (C=O) groups is 2.